The molecule has 2 aromatic heterocycles. The first kappa shape index (κ1) is 107. The molecule has 0 saturated heterocycles. The van der Waals surface area contributed by atoms with E-state index >= 15 is 0 Å². The van der Waals surface area contributed by atoms with Gasteiger partial charge in [0, 0.05) is 145 Å². The fourth-order valence-corrected chi connectivity index (χ4v) is 15.0. The molecule has 0 radical (unpaired) electrons. The van der Waals surface area contributed by atoms with Gasteiger partial charge in [-0.25, -0.2) is 4.99 Å². The molecule has 0 saturated carbocycles. The number of hydrogen-bond acceptors (Lipinski definition) is 23. The number of alkyl halides is 3. The molecule has 5 aromatic carbocycles. The van der Waals surface area contributed by atoms with Crippen molar-refractivity contribution in [2.75, 3.05) is 155 Å². The maximum atomic E-state index is 12.3. The summed E-state index contributed by atoms with van der Waals surface area (Å²) in [5.74, 6) is 10.4. The molecule has 644 valence electrons. The van der Waals surface area contributed by atoms with Gasteiger partial charge in [0.25, 0.3) is 17.1 Å². The van der Waals surface area contributed by atoms with Gasteiger partial charge in [-0.1, -0.05) is 42.2 Å². The number of nitro groups is 3. The molecule has 11 N–H and O–H groups in total. The van der Waals surface area contributed by atoms with Crippen LogP contribution in [0.4, 0.5) is 56.9 Å². The summed E-state index contributed by atoms with van der Waals surface area (Å²) in [5, 5.41) is 49.4. The van der Waals surface area contributed by atoms with Gasteiger partial charge in [-0.3, -0.25) is 71.4 Å². The number of rotatable bonds is 23. The zero-order valence-corrected chi connectivity index (χ0v) is 76.5. The normalized spacial score (nSPS) is 13.2. The Kier molecular flexibility index (Phi) is 53.6. The van der Waals surface area contributed by atoms with E-state index in [-0.39, 0.29) is 90.4 Å². The topological polar surface area (TPSA) is 402 Å². The summed E-state index contributed by atoms with van der Waals surface area (Å²) in [6, 6.07) is 33.5. The summed E-state index contributed by atoms with van der Waals surface area (Å²) >= 11 is 17.9. The van der Waals surface area contributed by atoms with Gasteiger partial charge < -0.3 is 56.4 Å². The number of hydrogen-bond donors (Lipinski definition) is 7. The summed E-state index contributed by atoms with van der Waals surface area (Å²) in [5.41, 5.74) is 23.0. The summed E-state index contributed by atoms with van der Waals surface area (Å²) in [7, 11) is 15.9. The van der Waals surface area contributed by atoms with Crippen molar-refractivity contribution in [3.63, 3.8) is 0 Å². The number of thioether (sulfide) groups is 1. The van der Waals surface area contributed by atoms with Crippen LogP contribution in [-0.4, -0.2) is 195 Å². The molecule has 5 amide bonds. The Morgan fingerprint density at radius 1 is 0.547 bits per heavy atom. The van der Waals surface area contributed by atoms with E-state index in [4.69, 9.17) is 40.1 Å². The number of nitro benzene ring substituents is 3. The Morgan fingerprint density at radius 2 is 0.897 bits per heavy atom. The minimum absolute atomic E-state index is 0. The Labute approximate surface area is 747 Å². The smallest absolute Gasteiger partial charge is 0.269 e. The third kappa shape index (κ3) is 36.9. The van der Waals surface area contributed by atoms with E-state index in [0.717, 1.165) is 138 Å². The lowest BCUT2D eigenvalue weighted by molar-refractivity contribution is -0.385. The second kappa shape index (κ2) is 58.4. The van der Waals surface area contributed by atoms with Gasteiger partial charge in [-0.2, -0.15) is 0 Å². The number of amidine groups is 1. The van der Waals surface area contributed by atoms with Crippen LogP contribution >= 0.6 is 117 Å². The molecule has 7 aromatic rings. The number of aryl methyl sites for hydroxylation is 5. The van der Waals surface area contributed by atoms with Gasteiger partial charge >= 0.3 is 0 Å². The number of amides is 5. The third-order valence-corrected chi connectivity index (χ3v) is 21.3. The number of hydrazine groups is 1. The average Bonchev–Trinajstić information content (AvgIpc) is 0.948. The van der Waals surface area contributed by atoms with Crippen molar-refractivity contribution >= 4 is 214 Å². The van der Waals surface area contributed by atoms with Crippen molar-refractivity contribution in [2.24, 2.45) is 22.4 Å². The highest BCUT2D eigenvalue weighted by Crippen LogP contribution is 2.36. The molecule has 0 spiro atoms. The zero-order chi connectivity index (χ0) is 84.4. The first-order chi connectivity index (χ1) is 54.6. The number of nitrogens with two attached hydrogens (primary N) is 4. The van der Waals surface area contributed by atoms with E-state index in [1.165, 1.54) is 51.6 Å². The minimum atomic E-state index is -0.434. The quantitative estimate of drug-likeness (QED) is 0.00457. The molecule has 0 atom stereocenters. The number of nitrogen functional groups attached to an aromatic ring is 1. The number of fused-ring (bicyclic) bond motifs is 5. The van der Waals surface area contributed by atoms with Gasteiger partial charge in [0.1, 0.15) is 10.9 Å². The molecule has 37 heteroatoms. The zero-order valence-electron chi connectivity index (χ0n) is 67.2. The van der Waals surface area contributed by atoms with E-state index in [2.05, 4.69) is 70.7 Å². The molecule has 0 bridgehead atoms. The Morgan fingerprint density at radius 3 is 1.26 bits per heavy atom. The Bertz CT molecular complexity index is 4290. The van der Waals surface area contributed by atoms with E-state index < -0.39 is 14.8 Å². The van der Waals surface area contributed by atoms with Crippen LogP contribution < -0.4 is 53.4 Å². The summed E-state index contributed by atoms with van der Waals surface area (Å²) in [4.78, 5) is 110. The molecule has 0 unspecified atom stereocenters. The average molecular weight is 1960 g/mol. The highest BCUT2D eigenvalue weighted by molar-refractivity contribution is 14.1. The maximum absolute atomic E-state index is 12.3. The van der Waals surface area contributed by atoms with Crippen molar-refractivity contribution in [1.29, 1.82) is 5.41 Å². The lowest BCUT2D eigenvalue weighted by Gasteiger charge is -2.30. The molecule has 0 aliphatic carbocycles. The van der Waals surface area contributed by atoms with E-state index in [1.54, 1.807) is 62.8 Å². The van der Waals surface area contributed by atoms with Crippen molar-refractivity contribution in [1.82, 2.24) is 20.0 Å². The number of non-ortho nitro benzene ring substituents is 3. The van der Waals surface area contributed by atoms with Crippen LogP contribution in [-0.2, 0) is 56.1 Å². The number of nitrogens with one attached hydrogen (secondary N) is 3. The largest absolute Gasteiger partial charge is 0.399 e. The van der Waals surface area contributed by atoms with Crippen molar-refractivity contribution in [2.45, 2.75) is 104 Å². The number of carbonyl (C=O) groups is 5. The molecule has 5 aliphatic heterocycles. The fourth-order valence-electron chi connectivity index (χ4n) is 12.0. The number of anilines is 6. The fraction of sp³-hybridized carbons (Fsp3) is 0.438. The number of carbonyl (C=O) groups excluding carboxylic acids is 5. The number of halogens is 5. The van der Waals surface area contributed by atoms with Crippen LogP contribution in [0, 0.1) is 35.8 Å². The second-order valence-electron chi connectivity index (χ2n) is 26.9. The Hall–Kier alpha value is -7.57. The molecule has 7 heterocycles. The number of aliphatic imine (C=N–C) groups is 1. The van der Waals surface area contributed by atoms with Gasteiger partial charge in [-0.15, -0.1) is 94.0 Å². The van der Waals surface area contributed by atoms with Gasteiger partial charge in [0.05, 0.1) is 30.2 Å². The number of thiophene rings is 2. The molecular formula is C80H115Cl3I2N18O11S3. The van der Waals surface area contributed by atoms with Crippen LogP contribution in [0.15, 0.2) is 131 Å². The van der Waals surface area contributed by atoms with Crippen LogP contribution in [0.3, 0.4) is 0 Å². The molecule has 29 nitrogen and oxygen atoms in total. The monoisotopic (exact) mass is 1960 g/mol. The van der Waals surface area contributed by atoms with Crippen molar-refractivity contribution in [3.8, 4) is 0 Å². The van der Waals surface area contributed by atoms with Crippen molar-refractivity contribution in [3.05, 3.63) is 194 Å². The van der Waals surface area contributed by atoms with Gasteiger partial charge in [-0.05, 0) is 252 Å². The van der Waals surface area contributed by atoms with Crippen LogP contribution in [0.1, 0.15) is 109 Å². The highest BCUT2D eigenvalue weighted by Gasteiger charge is 2.29. The molecule has 12 rings (SSSR count). The first-order valence-electron chi connectivity index (χ1n) is 37.0. The predicted molar refractivity (Wildman–Crippen MR) is 507 cm³/mol. The van der Waals surface area contributed by atoms with Gasteiger partial charge in [0.2, 0.25) is 29.5 Å². The summed E-state index contributed by atoms with van der Waals surface area (Å²) in [6.07, 6.45) is 12.3. The molecule has 5 aliphatic rings. The van der Waals surface area contributed by atoms with Crippen LogP contribution in [0.5, 0.6) is 0 Å². The maximum Gasteiger partial charge on any atom is 0.269 e. The van der Waals surface area contributed by atoms with E-state index in [0.29, 0.717) is 93.3 Å². The molecular weight excluding hydrogens is 1850 g/mol. The number of benzene rings is 5. The molecule has 117 heavy (non-hydrogen) atoms. The van der Waals surface area contributed by atoms with Gasteiger partial charge in [0.15, 0.2) is 0 Å². The molecule has 0 fully saturated rings. The standard InChI is InChI=1S/C19H24N4OS.C14H19N3O3.C14H21N3O.C12H13ClN2O3.C9H8N2O3.C6H7NS2.C3H6ClI.C2H7N.CH4.ClH.HI.H4N2/c1-22(2)10-4-11-23-16-8-7-15(13-14(16)6-9-18(23)24)21-19(20)17-5-3-12-25-17;1-15(2)8-3-9-16-13-6-5-12(17(19)20)10-11(13)4-7-14(16)18;1-16(2)8-3-9-17-13-6-5-12(15)10-11(13)4-7-14(17)18;13-6-1-7-14-11-4-3-10(15(17)18)8-9(11)2-5-12(14)16;12-9-4-1-6-5-7(11(13)14)2-3-8(6)10-9;1-8-6(7)5-3-2-4-9-5;4-2-1-3-5;1-3-2;;;;1-2/h3,5,7-8,12-13H,4,6,9-11H2,1-2H3,(H2,20,21);5-6,10H,3-4,7-9H2,1-2H3;5-6,10H,3-4,7-9,15H2,1-2H3;3-4,8H,1-2,5-7H2;2-3,5H,1,4H2,(H,10,12);2-4,7H,1H3;1-3H2;3H,1-2H3;1H4;2*1H;1-2H2. The van der Waals surface area contributed by atoms with Crippen LogP contribution in [0.25, 0.3) is 0 Å². The minimum Gasteiger partial charge on any atom is -0.399 e. The van der Waals surface area contributed by atoms with Crippen molar-refractivity contribution < 1.29 is 38.7 Å². The lowest BCUT2D eigenvalue weighted by Crippen LogP contribution is -2.37. The third-order valence-electron chi connectivity index (χ3n) is 17.4. The highest BCUT2D eigenvalue weighted by atomic mass is 127. The Balaban J connectivity index is 0.000000693. The first-order valence-corrected chi connectivity index (χ1v) is 42.6. The predicted octanol–water partition coefficient (Wildman–Crippen LogP) is 15.1. The number of nitrogens with zero attached hydrogens (tertiary/aromatic N) is 11. The summed E-state index contributed by atoms with van der Waals surface area (Å²) < 4.78 is 1.18. The second-order valence-corrected chi connectivity index (χ2v) is 31.4. The van der Waals surface area contributed by atoms with E-state index in [1.807, 2.05) is 138 Å². The SMILES string of the molecule is C.CN(C)CCCN1C(=O)CCc2cc(N)ccc21.CN(C)CCCN1C(=O)CCc2cc(N=C(N)c3cccs3)ccc21.CN(C)CCCN1C(=O)CCc2cc([N+](=O)[O-])ccc21.CNC.CSC(=N)c1cccs1.Cl.ClCCCI.I.NN.O=C1CCc2cc([N+](=O)[O-])ccc2N1.O=C1CCc2cc([N+](=O)[O-])ccc2N1CCCCl. The van der Waals surface area contributed by atoms with E-state index in [9.17, 15) is 54.3 Å². The lowest BCUT2D eigenvalue weighted by atomic mass is 10.00. The van der Waals surface area contributed by atoms with Crippen LogP contribution in [0.2, 0.25) is 0 Å². The summed E-state index contributed by atoms with van der Waals surface area (Å²) in [6.45, 7) is 5.63.